The average molecular weight is 382 g/mol. The number of carbonyl (C=O) groups excluding carboxylic acids is 1. The summed E-state index contributed by atoms with van der Waals surface area (Å²) in [6.45, 7) is 0.307. The molecule has 0 fully saturated rings. The van der Waals surface area contributed by atoms with Gasteiger partial charge < -0.3 is 5.32 Å². The maximum absolute atomic E-state index is 12.7. The van der Waals surface area contributed by atoms with Gasteiger partial charge in [0.25, 0.3) is 0 Å². The molecule has 0 radical (unpaired) electrons. The summed E-state index contributed by atoms with van der Waals surface area (Å²) in [4.78, 5) is 16.7. The molecule has 1 N–H and O–H groups in total. The molecule has 3 nitrogen and oxygen atoms in total. The molecule has 25 heavy (non-hydrogen) atoms. The van der Waals surface area contributed by atoms with Gasteiger partial charge in [-0.3, -0.25) is 4.79 Å². The van der Waals surface area contributed by atoms with E-state index in [1.807, 2.05) is 24.3 Å². The third-order valence-electron chi connectivity index (χ3n) is 3.31. The Hall–Kier alpha value is -2.06. The van der Waals surface area contributed by atoms with Crippen molar-refractivity contribution in [3.8, 4) is 0 Å². The monoisotopic (exact) mass is 382 g/mol. The molecule has 0 saturated carbocycles. The minimum Gasteiger partial charge on any atom is -0.349 e. The van der Waals surface area contributed by atoms with Crippen molar-refractivity contribution in [2.24, 2.45) is 0 Å². The Morgan fingerprint density at radius 2 is 1.96 bits per heavy atom. The van der Waals surface area contributed by atoms with Crippen LogP contribution in [0.4, 0.5) is 13.2 Å². The largest absolute Gasteiger partial charge is 0.416 e. The Morgan fingerprint density at radius 1 is 1.16 bits per heavy atom. The van der Waals surface area contributed by atoms with Crippen LogP contribution in [0.1, 0.15) is 10.6 Å². The number of thioether (sulfide) groups is 1. The Bertz CT molecular complexity index is 860. The first-order chi connectivity index (χ1) is 11.9. The Balaban J connectivity index is 1.53. The summed E-state index contributed by atoms with van der Waals surface area (Å²) >= 11 is 2.57. The third-order valence-corrected chi connectivity index (χ3v) is 5.34. The van der Waals surface area contributed by atoms with Crippen molar-refractivity contribution in [2.75, 3.05) is 5.75 Å². The van der Waals surface area contributed by atoms with E-state index in [0.29, 0.717) is 11.4 Å². The van der Waals surface area contributed by atoms with Gasteiger partial charge in [0.2, 0.25) is 5.91 Å². The summed E-state index contributed by atoms with van der Waals surface area (Å²) in [5, 5.41) is 3.53. The highest BCUT2D eigenvalue weighted by Gasteiger charge is 2.30. The fourth-order valence-electron chi connectivity index (χ4n) is 2.13. The quantitative estimate of drug-likeness (QED) is 0.649. The summed E-state index contributed by atoms with van der Waals surface area (Å²) in [5.41, 5.74) is 0.169. The molecule has 130 valence electrons. The number of thiazole rings is 1. The van der Waals surface area contributed by atoms with Gasteiger partial charge in [0.15, 0.2) is 0 Å². The molecule has 1 amide bonds. The topological polar surface area (TPSA) is 42.0 Å². The summed E-state index contributed by atoms with van der Waals surface area (Å²) in [6.07, 6.45) is -4.38. The van der Waals surface area contributed by atoms with Crippen molar-refractivity contribution in [3.63, 3.8) is 0 Å². The molecule has 8 heteroatoms. The normalized spacial score (nSPS) is 11.6. The number of benzene rings is 2. The molecule has 3 aromatic rings. The van der Waals surface area contributed by atoms with Crippen molar-refractivity contribution in [3.05, 3.63) is 59.1 Å². The molecule has 3 rings (SSSR count). The predicted molar refractivity (Wildman–Crippen MR) is 93.6 cm³/mol. The van der Waals surface area contributed by atoms with Crippen LogP contribution in [-0.4, -0.2) is 16.6 Å². The van der Waals surface area contributed by atoms with Gasteiger partial charge in [-0.1, -0.05) is 18.2 Å². The summed E-state index contributed by atoms with van der Waals surface area (Å²) in [6, 6.07) is 12.6. The van der Waals surface area contributed by atoms with Gasteiger partial charge in [0.1, 0.15) is 5.01 Å². The molecule has 0 spiro atoms. The lowest BCUT2D eigenvalue weighted by Gasteiger charge is -2.08. The van der Waals surface area contributed by atoms with Crippen LogP contribution < -0.4 is 5.32 Å². The van der Waals surface area contributed by atoms with E-state index in [2.05, 4.69) is 10.3 Å². The molecule has 0 bridgehead atoms. The number of fused-ring (bicyclic) bond motifs is 1. The van der Waals surface area contributed by atoms with Crippen LogP contribution in [0.15, 0.2) is 53.4 Å². The molecule has 1 heterocycles. The van der Waals surface area contributed by atoms with Crippen LogP contribution in [0, 0.1) is 0 Å². The van der Waals surface area contributed by atoms with Crippen LogP contribution >= 0.6 is 23.1 Å². The molecule has 1 aromatic heterocycles. The van der Waals surface area contributed by atoms with E-state index in [9.17, 15) is 18.0 Å². The number of alkyl halides is 3. The van der Waals surface area contributed by atoms with Crippen LogP contribution in [0.5, 0.6) is 0 Å². The second-order valence-electron chi connectivity index (χ2n) is 5.17. The van der Waals surface area contributed by atoms with Gasteiger partial charge in [-0.25, -0.2) is 4.98 Å². The first-order valence-electron chi connectivity index (χ1n) is 7.33. The second kappa shape index (κ2) is 7.45. The van der Waals surface area contributed by atoms with E-state index in [1.54, 1.807) is 6.07 Å². The Morgan fingerprint density at radius 3 is 2.72 bits per heavy atom. The average Bonchev–Trinajstić information content (AvgIpc) is 3.00. The zero-order valence-electron chi connectivity index (χ0n) is 12.8. The van der Waals surface area contributed by atoms with Gasteiger partial charge in [0.05, 0.1) is 28.1 Å². The maximum Gasteiger partial charge on any atom is 0.416 e. The van der Waals surface area contributed by atoms with Crippen LogP contribution in [0.2, 0.25) is 0 Å². The molecule has 0 aliphatic carbocycles. The first kappa shape index (κ1) is 17.8. The summed E-state index contributed by atoms with van der Waals surface area (Å²) < 4.78 is 39.1. The van der Waals surface area contributed by atoms with E-state index in [0.717, 1.165) is 39.1 Å². The fourth-order valence-corrected chi connectivity index (χ4v) is 3.82. The van der Waals surface area contributed by atoms with E-state index < -0.39 is 11.7 Å². The predicted octanol–water partition coefficient (Wildman–Crippen LogP) is 4.72. The minimum absolute atomic E-state index is 0.0478. The number of rotatable bonds is 5. The molecule has 0 aliphatic rings. The van der Waals surface area contributed by atoms with Gasteiger partial charge in [0, 0.05) is 4.90 Å². The zero-order chi connectivity index (χ0) is 17.9. The van der Waals surface area contributed by atoms with E-state index in [1.165, 1.54) is 17.4 Å². The lowest BCUT2D eigenvalue weighted by Crippen LogP contribution is -2.24. The Kier molecular flexibility index (Phi) is 5.29. The van der Waals surface area contributed by atoms with Gasteiger partial charge in [-0.2, -0.15) is 13.2 Å². The van der Waals surface area contributed by atoms with Crippen LogP contribution in [0.25, 0.3) is 10.2 Å². The molecule has 0 unspecified atom stereocenters. The minimum atomic E-state index is -4.38. The van der Waals surface area contributed by atoms with Crippen molar-refractivity contribution < 1.29 is 18.0 Å². The number of hydrogen-bond donors (Lipinski definition) is 1. The fraction of sp³-hybridized carbons (Fsp3) is 0.176. The maximum atomic E-state index is 12.7. The first-order valence-corrected chi connectivity index (χ1v) is 9.13. The SMILES string of the molecule is O=C(CSc1cccc(C(F)(F)F)c1)NCc1nc2ccccc2s1. The molecule has 2 aromatic carbocycles. The highest BCUT2D eigenvalue weighted by molar-refractivity contribution is 8.00. The number of amides is 1. The highest BCUT2D eigenvalue weighted by atomic mass is 32.2. The lowest BCUT2D eigenvalue weighted by atomic mass is 10.2. The number of nitrogens with one attached hydrogen (secondary N) is 1. The summed E-state index contributed by atoms with van der Waals surface area (Å²) in [7, 11) is 0. The number of carbonyl (C=O) groups is 1. The molecule has 0 atom stereocenters. The van der Waals surface area contributed by atoms with Gasteiger partial charge >= 0.3 is 6.18 Å². The molecule has 0 saturated heterocycles. The van der Waals surface area contributed by atoms with Crippen molar-refractivity contribution in [2.45, 2.75) is 17.6 Å². The van der Waals surface area contributed by atoms with Gasteiger partial charge in [-0.15, -0.1) is 23.1 Å². The summed E-state index contributed by atoms with van der Waals surface area (Å²) in [5.74, 6) is -0.201. The second-order valence-corrected chi connectivity index (χ2v) is 7.33. The third kappa shape index (κ3) is 4.73. The number of aromatic nitrogens is 1. The number of halogens is 3. The standard InChI is InChI=1S/C17H13F3N2OS2/c18-17(19,20)11-4-3-5-12(8-11)24-10-15(23)21-9-16-22-13-6-1-2-7-14(13)25-16/h1-8H,9-10H2,(H,21,23). The van der Waals surface area contributed by atoms with Gasteiger partial charge in [-0.05, 0) is 30.3 Å². The van der Waals surface area contributed by atoms with Crippen LogP contribution in [-0.2, 0) is 17.5 Å². The Labute approximate surface area is 150 Å². The number of nitrogens with zero attached hydrogens (tertiary/aromatic N) is 1. The smallest absolute Gasteiger partial charge is 0.349 e. The number of hydrogen-bond acceptors (Lipinski definition) is 4. The van der Waals surface area contributed by atoms with Crippen molar-refractivity contribution in [1.29, 1.82) is 0 Å². The van der Waals surface area contributed by atoms with Crippen molar-refractivity contribution >= 4 is 39.2 Å². The van der Waals surface area contributed by atoms with E-state index >= 15 is 0 Å². The van der Waals surface area contributed by atoms with E-state index in [4.69, 9.17) is 0 Å². The van der Waals surface area contributed by atoms with Crippen LogP contribution in [0.3, 0.4) is 0 Å². The highest BCUT2D eigenvalue weighted by Crippen LogP contribution is 2.31. The van der Waals surface area contributed by atoms with Crippen molar-refractivity contribution in [1.82, 2.24) is 10.3 Å². The van der Waals surface area contributed by atoms with E-state index in [-0.39, 0.29) is 11.7 Å². The molecular weight excluding hydrogens is 369 g/mol. The molecular formula is C17H13F3N2OS2. The molecule has 0 aliphatic heterocycles. The lowest BCUT2D eigenvalue weighted by molar-refractivity contribution is -0.137. The number of para-hydroxylation sites is 1. The zero-order valence-corrected chi connectivity index (χ0v) is 14.5.